The van der Waals surface area contributed by atoms with Gasteiger partial charge in [0.1, 0.15) is 5.82 Å². The van der Waals surface area contributed by atoms with Crippen molar-refractivity contribution >= 4 is 35.0 Å². The smallest absolute Gasteiger partial charge is 0.256 e. The SMILES string of the molecule is CN(C)C(=O)CN1CCN(C(=O)c2ccc(Cl)cc2NC(=O)c2ccc(F)cc2)CC1. The quantitative estimate of drug-likeness (QED) is 0.766. The highest BCUT2D eigenvalue weighted by Gasteiger charge is 2.25. The van der Waals surface area contributed by atoms with E-state index in [0.29, 0.717) is 43.3 Å². The molecule has 0 saturated carbocycles. The number of carbonyl (C=O) groups excluding carboxylic acids is 3. The van der Waals surface area contributed by atoms with E-state index in [2.05, 4.69) is 5.32 Å². The first-order chi connectivity index (χ1) is 14.7. The third-order valence-corrected chi connectivity index (χ3v) is 5.32. The van der Waals surface area contributed by atoms with Crippen LogP contribution in [0.3, 0.4) is 0 Å². The first-order valence-electron chi connectivity index (χ1n) is 9.83. The van der Waals surface area contributed by atoms with Crippen molar-refractivity contribution in [2.24, 2.45) is 0 Å². The molecule has 3 amide bonds. The highest BCUT2D eigenvalue weighted by molar-refractivity contribution is 6.31. The lowest BCUT2D eigenvalue weighted by molar-refractivity contribution is -0.130. The van der Waals surface area contributed by atoms with Gasteiger partial charge >= 0.3 is 0 Å². The van der Waals surface area contributed by atoms with Crippen molar-refractivity contribution in [1.82, 2.24) is 14.7 Å². The molecule has 0 unspecified atom stereocenters. The highest BCUT2D eigenvalue weighted by Crippen LogP contribution is 2.24. The lowest BCUT2D eigenvalue weighted by Gasteiger charge is -2.35. The Morgan fingerprint density at radius 3 is 2.29 bits per heavy atom. The van der Waals surface area contributed by atoms with Gasteiger partial charge in [-0.1, -0.05) is 11.6 Å². The van der Waals surface area contributed by atoms with Crippen molar-refractivity contribution in [2.75, 3.05) is 52.1 Å². The van der Waals surface area contributed by atoms with Gasteiger partial charge in [0.05, 0.1) is 17.8 Å². The third-order valence-electron chi connectivity index (χ3n) is 5.08. The molecule has 1 fully saturated rings. The zero-order valence-electron chi connectivity index (χ0n) is 17.4. The van der Waals surface area contributed by atoms with E-state index in [1.807, 2.05) is 4.90 Å². The van der Waals surface area contributed by atoms with Crippen LogP contribution in [0.4, 0.5) is 10.1 Å². The number of nitrogens with zero attached hydrogens (tertiary/aromatic N) is 3. The van der Waals surface area contributed by atoms with Crippen LogP contribution in [-0.4, -0.2) is 79.2 Å². The Balaban J connectivity index is 1.70. The van der Waals surface area contributed by atoms with Gasteiger partial charge in [0.25, 0.3) is 11.8 Å². The normalized spacial score (nSPS) is 14.3. The van der Waals surface area contributed by atoms with Gasteiger partial charge in [-0.15, -0.1) is 0 Å². The average Bonchev–Trinajstić information content (AvgIpc) is 2.74. The summed E-state index contributed by atoms with van der Waals surface area (Å²) in [4.78, 5) is 42.8. The Kier molecular flexibility index (Phi) is 7.25. The molecule has 0 radical (unpaired) electrons. The molecular formula is C22H24ClFN4O3. The average molecular weight is 447 g/mol. The van der Waals surface area contributed by atoms with Crippen LogP contribution >= 0.6 is 11.6 Å². The summed E-state index contributed by atoms with van der Waals surface area (Å²) < 4.78 is 13.1. The van der Waals surface area contributed by atoms with Crippen molar-refractivity contribution in [3.8, 4) is 0 Å². The van der Waals surface area contributed by atoms with Crippen LogP contribution in [0.25, 0.3) is 0 Å². The van der Waals surface area contributed by atoms with E-state index in [1.165, 1.54) is 30.3 Å². The number of likely N-dealkylation sites (N-methyl/N-ethyl adjacent to an activating group) is 1. The molecule has 7 nitrogen and oxygen atoms in total. The molecule has 1 heterocycles. The Labute approximate surface area is 185 Å². The van der Waals surface area contributed by atoms with Crippen molar-refractivity contribution in [3.63, 3.8) is 0 Å². The number of rotatable bonds is 5. The number of hydrogen-bond acceptors (Lipinski definition) is 4. The molecule has 3 rings (SSSR count). The maximum Gasteiger partial charge on any atom is 0.256 e. The van der Waals surface area contributed by atoms with Gasteiger partial charge in [0.15, 0.2) is 0 Å². The maximum atomic E-state index is 13.1. The first-order valence-corrected chi connectivity index (χ1v) is 10.2. The van der Waals surface area contributed by atoms with E-state index >= 15 is 0 Å². The van der Waals surface area contributed by atoms with Crippen LogP contribution in [-0.2, 0) is 4.79 Å². The number of amides is 3. The molecule has 0 bridgehead atoms. The summed E-state index contributed by atoms with van der Waals surface area (Å²) in [5, 5.41) is 3.07. The molecular weight excluding hydrogens is 423 g/mol. The summed E-state index contributed by atoms with van der Waals surface area (Å²) in [5.41, 5.74) is 0.869. The fraction of sp³-hybridized carbons (Fsp3) is 0.318. The summed E-state index contributed by atoms with van der Waals surface area (Å²) >= 11 is 6.08. The van der Waals surface area contributed by atoms with Gasteiger partial charge in [0, 0.05) is 50.9 Å². The monoisotopic (exact) mass is 446 g/mol. The zero-order valence-corrected chi connectivity index (χ0v) is 18.2. The number of halogens is 2. The van der Waals surface area contributed by atoms with Gasteiger partial charge in [-0.3, -0.25) is 19.3 Å². The van der Waals surface area contributed by atoms with Gasteiger partial charge < -0.3 is 15.1 Å². The van der Waals surface area contributed by atoms with Crippen LogP contribution in [0.15, 0.2) is 42.5 Å². The second-order valence-electron chi connectivity index (χ2n) is 7.51. The predicted octanol–water partition coefficient (Wildman–Crippen LogP) is 2.58. The summed E-state index contributed by atoms with van der Waals surface area (Å²) in [7, 11) is 3.43. The van der Waals surface area contributed by atoms with Gasteiger partial charge in [-0.25, -0.2) is 4.39 Å². The lowest BCUT2D eigenvalue weighted by Crippen LogP contribution is -2.51. The zero-order chi connectivity index (χ0) is 22.5. The topological polar surface area (TPSA) is 73.0 Å². The predicted molar refractivity (Wildman–Crippen MR) is 117 cm³/mol. The second-order valence-corrected chi connectivity index (χ2v) is 7.94. The minimum absolute atomic E-state index is 0.0169. The van der Waals surface area contributed by atoms with E-state index in [9.17, 15) is 18.8 Å². The van der Waals surface area contributed by atoms with Gasteiger partial charge in [0.2, 0.25) is 5.91 Å². The number of benzene rings is 2. The first kappa shape index (κ1) is 22.7. The number of hydrogen-bond donors (Lipinski definition) is 1. The summed E-state index contributed by atoms with van der Waals surface area (Å²) in [6.07, 6.45) is 0. The van der Waals surface area contributed by atoms with Gasteiger partial charge in [-0.2, -0.15) is 0 Å². The van der Waals surface area contributed by atoms with E-state index in [1.54, 1.807) is 36.0 Å². The third kappa shape index (κ3) is 5.80. The number of piperazine rings is 1. The lowest BCUT2D eigenvalue weighted by atomic mass is 10.1. The Morgan fingerprint density at radius 2 is 1.68 bits per heavy atom. The van der Waals surface area contributed by atoms with E-state index in [0.717, 1.165) is 0 Å². The second kappa shape index (κ2) is 9.89. The molecule has 164 valence electrons. The van der Waals surface area contributed by atoms with E-state index < -0.39 is 11.7 Å². The molecule has 0 spiro atoms. The molecule has 1 aliphatic heterocycles. The molecule has 1 aliphatic rings. The minimum Gasteiger partial charge on any atom is -0.348 e. The van der Waals surface area contributed by atoms with Crippen LogP contribution in [0, 0.1) is 5.82 Å². The molecule has 9 heteroatoms. The molecule has 0 atom stereocenters. The number of carbonyl (C=O) groups is 3. The summed E-state index contributed by atoms with van der Waals surface area (Å²) in [6, 6.07) is 9.80. The summed E-state index contributed by atoms with van der Waals surface area (Å²) in [6.45, 7) is 2.41. The van der Waals surface area contributed by atoms with E-state index in [-0.39, 0.29) is 23.1 Å². The maximum absolute atomic E-state index is 13.1. The molecule has 0 aliphatic carbocycles. The Bertz CT molecular complexity index is 973. The van der Waals surface area contributed by atoms with Crippen LogP contribution in [0.2, 0.25) is 5.02 Å². The Hall–Kier alpha value is -2.97. The Morgan fingerprint density at radius 1 is 1.03 bits per heavy atom. The molecule has 1 N–H and O–H groups in total. The largest absolute Gasteiger partial charge is 0.348 e. The van der Waals surface area contributed by atoms with E-state index in [4.69, 9.17) is 11.6 Å². The summed E-state index contributed by atoms with van der Waals surface area (Å²) in [5.74, 6) is -1.13. The fourth-order valence-electron chi connectivity index (χ4n) is 3.21. The minimum atomic E-state index is -0.469. The fourth-order valence-corrected chi connectivity index (χ4v) is 3.39. The standard InChI is InChI=1S/C22H24ClFN4O3/c1-26(2)20(29)14-27-9-11-28(12-10-27)22(31)18-8-5-16(23)13-19(18)25-21(30)15-3-6-17(24)7-4-15/h3-8,13H,9-12,14H2,1-2H3,(H,25,30). The van der Waals surface area contributed by atoms with Crippen molar-refractivity contribution in [3.05, 3.63) is 64.4 Å². The van der Waals surface area contributed by atoms with Crippen molar-refractivity contribution < 1.29 is 18.8 Å². The molecule has 2 aromatic carbocycles. The van der Waals surface area contributed by atoms with Crippen LogP contribution < -0.4 is 5.32 Å². The molecule has 31 heavy (non-hydrogen) atoms. The van der Waals surface area contributed by atoms with Gasteiger partial charge in [-0.05, 0) is 42.5 Å². The number of anilines is 1. The molecule has 1 saturated heterocycles. The molecule has 0 aromatic heterocycles. The van der Waals surface area contributed by atoms with Crippen molar-refractivity contribution in [1.29, 1.82) is 0 Å². The number of nitrogens with one attached hydrogen (secondary N) is 1. The molecule has 2 aromatic rings. The van der Waals surface area contributed by atoms with Crippen LogP contribution in [0.5, 0.6) is 0 Å². The van der Waals surface area contributed by atoms with Crippen LogP contribution in [0.1, 0.15) is 20.7 Å². The van der Waals surface area contributed by atoms with Crippen molar-refractivity contribution in [2.45, 2.75) is 0 Å². The highest BCUT2D eigenvalue weighted by atomic mass is 35.5.